The number of imidazole rings is 1. The first-order valence-electron chi connectivity index (χ1n) is 11.7. The molecule has 6 rings (SSSR count). The number of benzene rings is 1. The average Bonchev–Trinajstić information content (AvgIpc) is 3.57. The van der Waals surface area contributed by atoms with Crippen molar-refractivity contribution in [3.05, 3.63) is 82.3 Å². The molecule has 4 aromatic heterocycles. The highest BCUT2D eigenvalue weighted by molar-refractivity contribution is 7.07. The van der Waals surface area contributed by atoms with Crippen LogP contribution in [0.15, 0.2) is 65.5 Å². The number of thiophene rings is 1. The zero-order valence-corrected chi connectivity index (χ0v) is 20.0. The zero-order valence-electron chi connectivity index (χ0n) is 19.1. The van der Waals surface area contributed by atoms with Crippen molar-refractivity contribution in [1.82, 2.24) is 18.9 Å². The van der Waals surface area contributed by atoms with E-state index in [9.17, 15) is 4.79 Å². The minimum absolute atomic E-state index is 0.0337. The summed E-state index contributed by atoms with van der Waals surface area (Å²) in [6, 6.07) is 16.7. The number of fused-ring (bicyclic) bond motifs is 2. The highest BCUT2D eigenvalue weighted by Crippen LogP contribution is 2.32. The molecule has 2 N–H and O–H groups in total. The molecule has 5 aromatic rings. The van der Waals surface area contributed by atoms with E-state index in [1.807, 2.05) is 23.2 Å². The van der Waals surface area contributed by atoms with Crippen molar-refractivity contribution in [3.8, 4) is 11.4 Å². The van der Waals surface area contributed by atoms with Crippen molar-refractivity contribution in [3.63, 3.8) is 0 Å². The number of nitrogens with zero attached hydrogens (tertiary/aromatic N) is 4. The van der Waals surface area contributed by atoms with Crippen LogP contribution in [0.4, 0.5) is 0 Å². The lowest BCUT2D eigenvalue weighted by Crippen LogP contribution is -2.45. The van der Waals surface area contributed by atoms with Gasteiger partial charge in [-0.15, -0.1) is 0 Å². The summed E-state index contributed by atoms with van der Waals surface area (Å²) in [6.45, 7) is 4.26. The van der Waals surface area contributed by atoms with Crippen LogP contribution in [0.5, 0.6) is 0 Å². The molecular weight excluding hydrogens is 442 g/mol. The molecule has 1 aliphatic heterocycles. The molecule has 1 aliphatic rings. The van der Waals surface area contributed by atoms with Crippen LogP contribution in [0, 0.1) is 6.92 Å². The van der Waals surface area contributed by atoms with E-state index in [4.69, 9.17) is 10.7 Å². The summed E-state index contributed by atoms with van der Waals surface area (Å²) in [7, 11) is 0. The quantitative estimate of drug-likeness (QED) is 0.405. The van der Waals surface area contributed by atoms with E-state index in [1.165, 1.54) is 16.5 Å². The Bertz CT molecular complexity index is 1500. The number of hydrogen-bond acceptors (Lipinski definition) is 4. The molecular formula is C27H27N5OS. The molecule has 1 unspecified atom stereocenters. The van der Waals surface area contributed by atoms with E-state index in [2.05, 4.69) is 63.0 Å². The number of rotatable bonds is 4. The van der Waals surface area contributed by atoms with Gasteiger partial charge in [0.1, 0.15) is 11.3 Å². The third-order valence-corrected chi connectivity index (χ3v) is 7.56. The molecule has 7 heteroatoms. The van der Waals surface area contributed by atoms with E-state index in [0.29, 0.717) is 12.1 Å². The monoisotopic (exact) mass is 469 g/mol. The lowest BCUT2D eigenvalue weighted by Gasteiger charge is -2.30. The Kier molecular flexibility index (Phi) is 5.23. The number of carbonyl (C=O) groups is 1. The Balaban J connectivity index is 1.43. The number of hydrogen-bond donors (Lipinski definition) is 1. The third-order valence-electron chi connectivity index (χ3n) is 6.83. The summed E-state index contributed by atoms with van der Waals surface area (Å²) in [4.78, 5) is 20.0. The summed E-state index contributed by atoms with van der Waals surface area (Å²) >= 11 is 1.71. The van der Waals surface area contributed by atoms with Gasteiger partial charge in [0, 0.05) is 54.0 Å². The van der Waals surface area contributed by atoms with Gasteiger partial charge in [-0.05, 0) is 66.4 Å². The summed E-state index contributed by atoms with van der Waals surface area (Å²) in [6.07, 6.45) is 3.89. The van der Waals surface area contributed by atoms with Gasteiger partial charge in [-0.1, -0.05) is 18.2 Å². The Morgan fingerprint density at radius 2 is 2.09 bits per heavy atom. The van der Waals surface area contributed by atoms with Crippen molar-refractivity contribution in [2.75, 3.05) is 13.1 Å². The number of nitrogens with two attached hydrogens (primary N) is 1. The number of piperidine rings is 1. The fourth-order valence-corrected chi connectivity index (χ4v) is 5.72. The molecule has 1 fully saturated rings. The van der Waals surface area contributed by atoms with E-state index in [1.54, 1.807) is 11.3 Å². The number of pyridine rings is 1. The van der Waals surface area contributed by atoms with Gasteiger partial charge in [-0.2, -0.15) is 11.3 Å². The van der Waals surface area contributed by atoms with E-state index < -0.39 is 0 Å². The maximum Gasteiger partial charge on any atom is 0.254 e. The van der Waals surface area contributed by atoms with Gasteiger partial charge in [0.05, 0.1) is 5.69 Å². The molecule has 1 aromatic carbocycles. The first-order valence-corrected chi connectivity index (χ1v) is 12.7. The van der Waals surface area contributed by atoms with E-state index >= 15 is 0 Å². The maximum absolute atomic E-state index is 13.1. The van der Waals surface area contributed by atoms with Gasteiger partial charge in [0.25, 0.3) is 5.91 Å². The van der Waals surface area contributed by atoms with Gasteiger partial charge < -0.3 is 19.6 Å². The molecule has 0 radical (unpaired) electrons. The number of aromatic nitrogens is 3. The van der Waals surface area contributed by atoms with Crippen LogP contribution in [-0.4, -0.2) is 43.9 Å². The molecule has 6 nitrogen and oxygen atoms in total. The van der Waals surface area contributed by atoms with Crippen LogP contribution in [0.3, 0.4) is 0 Å². The van der Waals surface area contributed by atoms with Crippen LogP contribution >= 0.6 is 11.3 Å². The largest absolute Gasteiger partial charge is 0.337 e. The summed E-state index contributed by atoms with van der Waals surface area (Å²) in [5.74, 6) is 0.0337. The lowest BCUT2D eigenvalue weighted by atomic mass is 10.1. The Morgan fingerprint density at radius 1 is 1.21 bits per heavy atom. The standard InChI is InChI=1S/C27H27N5OS/c1-18-26(24-13-20-5-2-3-7-23(20)32(24)15-19-9-12-34-17-19)29-25-14-21(8-11-31(18)25)27(33)30-10-4-6-22(28)16-30/h2-3,5,7-9,11-14,17,22H,4,6,10,15-16,28H2,1H3. The Hall–Kier alpha value is -3.42. The highest BCUT2D eigenvalue weighted by atomic mass is 32.1. The van der Waals surface area contributed by atoms with Crippen molar-refractivity contribution in [2.24, 2.45) is 5.73 Å². The van der Waals surface area contributed by atoms with Crippen LogP contribution in [0.25, 0.3) is 27.9 Å². The first-order chi connectivity index (χ1) is 16.6. The molecule has 172 valence electrons. The fraction of sp³-hybridized carbons (Fsp3) is 0.259. The van der Waals surface area contributed by atoms with Crippen LogP contribution < -0.4 is 5.73 Å². The van der Waals surface area contributed by atoms with Crippen LogP contribution in [0.2, 0.25) is 0 Å². The van der Waals surface area contributed by atoms with Crippen molar-refractivity contribution >= 4 is 33.8 Å². The molecule has 0 saturated carbocycles. The molecule has 34 heavy (non-hydrogen) atoms. The number of para-hydroxylation sites is 1. The smallest absolute Gasteiger partial charge is 0.254 e. The van der Waals surface area contributed by atoms with Gasteiger partial charge in [-0.25, -0.2) is 4.98 Å². The topological polar surface area (TPSA) is 68.6 Å². The minimum Gasteiger partial charge on any atom is -0.337 e. The van der Waals surface area contributed by atoms with Gasteiger partial charge in [0.15, 0.2) is 0 Å². The van der Waals surface area contributed by atoms with Gasteiger partial charge in [-0.3, -0.25) is 4.79 Å². The Morgan fingerprint density at radius 3 is 2.91 bits per heavy atom. The predicted octanol–water partition coefficient (Wildman–Crippen LogP) is 4.94. The van der Waals surface area contributed by atoms with Crippen molar-refractivity contribution in [2.45, 2.75) is 32.4 Å². The number of likely N-dealkylation sites (tertiary alicyclic amines) is 1. The second-order valence-electron chi connectivity index (χ2n) is 9.15. The maximum atomic E-state index is 13.1. The van der Waals surface area contributed by atoms with Gasteiger partial charge >= 0.3 is 0 Å². The normalized spacial score (nSPS) is 16.5. The summed E-state index contributed by atoms with van der Waals surface area (Å²) in [5.41, 5.74) is 13.1. The molecule has 1 atom stereocenters. The highest BCUT2D eigenvalue weighted by Gasteiger charge is 2.23. The first kappa shape index (κ1) is 21.1. The molecule has 1 amide bonds. The van der Waals surface area contributed by atoms with Gasteiger partial charge in [0.2, 0.25) is 0 Å². The van der Waals surface area contributed by atoms with Crippen LogP contribution in [0.1, 0.15) is 34.5 Å². The Labute approximate surface area is 202 Å². The molecule has 0 spiro atoms. The summed E-state index contributed by atoms with van der Waals surface area (Å²) in [5, 5.41) is 5.51. The summed E-state index contributed by atoms with van der Waals surface area (Å²) < 4.78 is 4.41. The lowest BCUT2D eigenvalue weighted by molar-refractivity contribution is 0.0709. The van der Waals surface area contributed by atoms with Crippen molar-refractivity contribution < 1.29 is 4.79 Å². The second kappa shape index (κ2) is 8.42. The molecule has 0 aliphatic carbocycles. The third kappa shape index (κ3) is 3.61. The second-order valence-corrected chi connectivity index (χ2v) is 9.93. The average molecular weight is 470 g/mol. The van der Waals surface area contributed by atoms with E-state index in [-0.39, 0.29) is 11.9 Å². The van der Waals surface area contributed by atoms with E-state index in [0.717, 1.165) is 48.7 Å². The van der Waals surface area contributed by atoms with Crippen LogP contribution in [-0.2, 0) is 6.54 Å². The van der Waals surface area contributed by atoms with Crippen molar-refractivity contribution in [1.29, 1.82) is 0 Å². The molecule has 0 bridgehead atoms. The zero-order chi connectivity index (χ0) is 23.2. The SMILES string of the molecule is Cc1c(-c2cc3ccccc3n2Cc2ccsc2)nc2cc(C(=O)N3CCCC(N)C3)ccn12. The predicted molar refractivity (Wildman–Crippen MR) is 137 cm³/mol. The molecule has 1 saturated heterocycles. The fourth-order valence-electron chi connectivity index (χ4n) is 5.06. The number of amides is 1. The number of carbonyl (C=O) groups excluding carboxylic acids is 1. The number of aryl methyl sites for hydroxylation is 1. The minimum atomic E-state index is 0.0337. The molecule has 5 heterocycles.